The number of halogens is 1. The van der Waals surface area contributed by atoms with Crippen molar-refractivity contribution in [2.75, 3.05) is 4.90 Å². The summed E-state index contributed by atoms with van der Waals surface area (Å²) in [4.78, 5) is 5.95. The smallest absolute Gasteiger partial charge is 0.226 e. The molecule has 0 atom stereocenters. The number of oxazole rings is 1. The van der Waals surface area contributed by atoms with Crippen molar-refractivity contribution in [3.63, 3.8) is 0 Å². The van der Waals surface area contributed by atoms with Gasteiger partial charge in [-0.3, -0.25) is 4.90 Å². The van der Waals surface area contributed by atoms with Crippen molar-refractivity contribution in [1.29, 1.82) is 5.26 Å². The molecule has 24 heavy (non-hydrogen) atoms. The first-order chi connectivity index (χ1) is 11.7. The minimum Gasteiger partial charge on any atom is -0.444 e. The highest BCUT2D eigenvalue weighted by Crippen LogP contribution is 2.22. The lowest BCUT2D eigenvalue weighted by Crippen LogP contribution is -2.16. The van der Waals surface area contributed by atoms with E-state index in [0.29, 0.717) is 23.7 Å². The molecule has 3 rings (SSSR count). The van der Waals surface area contributed by atoms with Crippen LogP contribution in [0, 0.1) is 17.3 Å². The zero-order valence-electron chi connectivity index (χ0n) is 13.2. The van der Waals surface area contributed by atoms with Crippen LogP contribution in [0.5, 0.6) is 0 Å². The van der Waals surface area contributed by atoms with Gasteiger partial charge in [-0.2, -0.15) is 5.26 Å². The van der Waals surface area contributed by atoms with Crippen molar-refractivity contribution >= 4 is 5.69 Å². The molecule has 3 aromatic rings. The molecule has 2 aromatic carbocycles. The predicted octanol–water partition coefficient (Wildman–Crippen LogP) is 4.53. The number of nitriles is 1. The van der Waals surface area contributed by atoms with Crippen LogP contribution in [0.4, 0.5) is 10.1 Å². The zero-order chi connectivity index (χ0) is 16.9. The monoisotopic (exact) mass is 321 g/mol. The normalized spacial score (nSPS) is 10.4. The maximum absolute atomic E-state index is 13.0. The molecule has 0 amide bonds. The number of hydrogen-bond acceptors (Lipinski definition) is 4. The van der Waals surface area contributed by atoms with Gasteiger partial charge >= 0.3 is 0 Å². The molecule has 0 saturated carbocycles. The highest BCUT2D eigenvalue weighted by atomic mass is 19.1. The van der Waals surface area contributed by atoms with Crippen LogP contribution in [0.3, 0.4) is 0 Å². The fraction of sp³-hybridized carbons (Fsp3) is 0.158. The van der Waals surface area contributed by atoms with Crippen LogP contribution < -0.4 is 4.90 Å². The van der Waals surface area contributed by atoms with Crippen LogP contribution in [0.2, 0.25) is 0 Å². The summed E-state index contributed by atoms with van der Waals surface area (Å²) >= 11 is 0. The van der Waals surface area contributed by atoms with E-state index in [4.69, 9.17) is 4.42 Å². The first-order valence-electron chi connectivity index (χ1n) is 7.66. The average molecular weight is 321 g/mol. The quantitative estimate of drug-likeness (QED) is 0.512. The van der Waals surface area contributed by atoms with Gasteiger partial charge in [-0.15, -0.1) is 0 Å². The van der Waals surface area contributed by atoms with Gasteiger partial charge in [0.05, 0.1) is 12.2 Å². The molecule has 0 unspecified atom stereocenters. The first kappa shape index (κ1) is 15.8. The Morgan fingerprint density at radius 2 is 2.00 bits per heavy atom. The van der Waals surface area contributed by atoms with Crippen LogP contribution in [0.25, 0.3) is 11.5 Å². The second-order valence-corrected chi connectivity index (χ2v) is 5.36. The summed E-state index contributed by atoms with van der Waals surface area (Å²) in [6.07, 6.45) is 4.61. The van der Waals surface area contributed by atoms with Crippen LogP contribution in [0.1, 0.15) is 18.2 Å². The molecule has 1 heterocycles. The molecular formula is C19H16FN3O. The Balaban J connectivity index is 1.79. The van der Waals surface area contributed by atoms with E-state index in [2.05, 4.69) is 18.1 Å². The highest BCUT2D eigenvalue weighted by Gasteiger charge is 2.12. The Morgan fingerprint density at radius 3 is 2.71 bits per heavy atom. The lowest BCUT2D eigenvalue weighted by Gasteiger charge is -2.14. The second kappa shape index (κ2) is 6.97. The Hall–Kier alpha value is -3.13. The van der Waals surface area contributed by atoms with Crippen LogP contribution in [-0.4, -0.2) is 4.98 Å². The zero-order valence-corrected chi connectivity index (χ0v) is 13.2. The Bertz CT molecular complexity index is 865. The van der Waals surface area contributed by atoms with Crippen molar-refractivity contribution < 1.29 is 8.81 Å². The third kappa shape index (κ3) is 3.44. The van der Waals surface area contributed by atoms with Gasteiger partial charge in [-0.25, -0.2) is 9.37 Å². The molecule has 0 N–H and O–H groups in total. The molecular weight excluding hydrogens is 305 g/mol. The number of nitrogens with zero attached hydrogens (tertiary/aromatic N) is 3. The topological polar surface area (TPSA) is 53.1 Å². The molecule has 0 saturated heterocycles. The SMILES string of the molecule is CCc1cccc(N(C#N)Cc2coc(-c3ccc(F)cc3)n2)c1. The first-order valence-corrected chi connectivity index (χ1v) is 7.66. The molecule has 0 radical (unpaired) electrons. The van der Waals surface area contributed by atoms with E-state index in [1.165, 1.54) is 24.0 Å². The molecule has 1 aromatic heterocycles. The lowest BCUT2D eigenvalue weighted by atomic mass is 10.1. The number of benzene rings is 2. The Kier molecular flexibility index (Phi) is 4.57. The summed E-state index contributed by atoms with van der Waals surface area (Å²) < 4.78 is 18.4. The van der Waals surface area contributed by atoms with E-state index in [-0.39, 0.29) is 5.82 Å². The highest BCUT2D eigenvalue weighted by molar-refractivity contribution is 5.54. The summed E-state index contributed by atoms with van der Waals surface area (Å²) in [7, 11) is 0. The number of aryl methyl sites for hydroxylation is 1. The molecule has 5 heteroatoms. The molecule has 0 aliphatic rings. The summed E-state index contributed by atoms with van der Waals surface area (Å²) in [5.74, 6) is 0.0992. The molecule has 4 nitrogen and oxygen atoms in total. The third-order valence-electron chi connectivity index (χ3n) is 3.71. The van der Waals surface area contributed by atoms with Crippen molar-refractivity contribution in [2.24, 2.45) is 0 Å². The number of hydrogen-bond donors (Lipinski definition) is 0. The van der Waals surface area contributed by atoms with Gasteiger partial charge in [0.25, 0.3) is 0 Å². The predicted molar refractivity (Wildman–Crippen MR) is 89.5 cm³/mol. The second-order valence-electron chi connectivity index (χ2n) is 5.36. The molecule has 0 spiro atoms. The van der Waals surface area contributed by atoms with E-state index in [1.54, 1.807) is 17.0 Å². The number of rotatable bonds is 5. The molecule has 120 valence electrons. The fourth-order valence-corrected chi connectivity index (χ4v) is 2.40. The van der Waals surface area contributed by atoms with Crippen LogP contribution in [0.15, 0.2) is 59.2 Å². The van der Waals surface area contributed by atoms with Gasteiger partial charge < -0.3 is 4.42 Å². The maximum Gasteiger partial charge on any atom is 0.226 e. The summed E-state index contributed by atoms with van der Waals surface area (Å²) in [5.41, 5.74) is 3.32. The van der Waals surface area contributed by atoms with Crippen molar-refractivity contribution in [3.05, 3.63) is 71.9 Å². The van der Waals surface area contributed by atoms with E-state index < -0.39 is 0 Å². The summed E-state index contributed by atoms with van der Waals surface area (Å²) in [5, 5.41) is 9.43. The van der Waals surface area contributed by atoms with E-state index in [9.17, 15) is 9.65 Å². The van der Waals surface area contributed by atoms with Crippen molar-refractivity contribution in [2.45, 2.75) is 19.9 Å². The van der Waals surface area contributed by atoms with Gasteiger partial charge in [-0.1, -0.05) is 19.1 Å². The average Bonchev–Trinajstić information content (AvgIpc) is 3.09. The van der Waals surface area contributed by atoms with E-state index >= 15 is 0 Å². The van der Waals surface area contributed by atoms with Crippen molar-refractivity contribution in [3.8, 4) is 17.6 Å². The van der Waals surface area contributed by atoms with Gasteiger partial charge in [0, 0.05) is 5.56 Å². The standard InChI is InChI=1S/C19H16FN3O/c1-2-14-4-3-5-18(10-14)23(13-21)11-17-12-24-19(22-17)15-6-8-16(20)9-7-15/h3-10,12H,2,11H2,1H3. The lowest BCUT2D eigenvalue weighted by molar-refractivity contribution is 0.572. The van der Waals surface area contributed by atoms with Gasteiger partial charge in [0.2, 0.25) is 5.89 Å². The summed E-state index contributed by atoms with van der Waals surface area (Å²) in [6, 6.07) is 13.8. The van der Waals surface area contributed by atoms with Gasteiger partial charge in [-0.05, 0) is 48.4 Å². The van der Waals surface area contributed by atoms with Crippen molar-refractivity contribution in [1.82, 2.24) is 4.98 Å². The fourth-order valence-electron chi connectivity index (χ4n) is 2.40. The largest absolute Gasteiger partial charge is 0.444 e. The molecule has 0 aliphatic carbocycles. The molecule has 0 bridgehead atoms. The van der Waals surface area contributed by atoms with Gasteiger partial charge in [0.15, 0.2) is 6.19 Å². The van der Waals surface area contributed by atoms with Crippen LogP contribution >= 0.6 is 0 Å². The Morgan fingerprint density at radius 1 is 1.21 bits per heavy atom. The third-order valence-corrected chi connectivity index (χ3v) is 3.71. The minimum absolute atomic E-state index is 0.308. The van der Waals surface area contributed by atoms with E-state index in [1.807, 2.05) is 24.3 Å². The molecule has 0 fully saturated rings. The number of aromatic nitrogens is 1. The Labute approximate surface area is 139 Å². The number of anilines is 1. The minimum atomic E-state index is -0.308. The van der Waals surface area contributed by atoms with Gasteiger partial charge in [0.1, 0.15) is 17.8 Å². The molecule has 0 aliphatic heterocycles. The summed E-state index contributed by atoms with van der Waals surface area (Å²) in [6.45, 7) is 2.39. The van der Waals surface area contributed by atoms with E-state index in [0.717, 1.165) is 12.1 Å². The van der Waals surface area contributed by atoms with Crippen LogP contribution in [-0.2, 0) is 13.0 Å². The maximum atomic E-state index is 13.0.